The molecule has 132 valence electrons. The van der Waals surface area contributed by atoms with Crippen LogP contribution in [0.1, 0.15) is 33.6 Å². The number of benzene rings is 1. The number of carbonyl (C=O) groups excluding carboxylic acids is 2. The molecule has 0 aliphatic carbocycles. The quantitative estimate of drug-likeness (QED) is 0.782. The van der Waals surface area contributed by atoms with Gasteiger partial charge in [-0.2, -0.15) is 0 Å². The van der Waals surface area contributed by atoms with E-state index in [1.54, 1.807) is 17.0 Å². The summed E-state index contributed by atoms with van der Waals surface area (Å²) in [7, 11) is 1.80. The monoisotopic (exact) mass is 396 g/mol. The summed E-state index contributed by atoms with van der Waals surface area (Å²) in [6, 6.07) is 7.68. The molecule has 5 nitrogen and oxygen atoms in total. The molecule has 0 aromatic heterocycles. The molecule has 1 aromatic rings. The number of piperidine rings is 1. The van der Waals surface area contributed by atoms with Crippen LogP contribution in [-0.4, -0.2) is 37.1 Å². The minimum absolute atomic E-state index is 0.0494. The van der Waals surface area contributed by atoms with Crippen molar-refractivity contribution in [2.45, 2.75) is 33.6 Å². The molecule has 1 aliphatic heterocycles. The maximum atomic E-state index is 12.7. The second kappa shape index (κ2) is 7.66. The molecule has 0 spiro atoms. The van der Waals surface area contributed by atoms with E-state index in [-0.39, 0.29) is 17.8 Å². The third-order valence-corrected chi connectivity index (χ3v) is 4.84. The number of carbonyl (C=O) groups is 2. The van der Waals surface area contributed by atoms with Crippen molar-refractivity contribution < 1.29 is 14.4 Å². The van der Waals surface area contributed by atoms with Crippen molar-refractivity contribution in [2.75, 3.05) is 25.0 Å². The van der Waals surface area contributed by atoms with Gasteiger partial charge >= 0.3 is 5.97 Å². The average molecular weight is 397 g/mol. The Morgan fingerprint density at radius 3 is 2.33 bits per heavy atom. The molecule has 1 aliphatic rings. The first-order valence-corrected chi connectivity index (χ1v) is 8.99. The molecule has 1 heterocycles. The lowest BCUT2D eigenvalue weighted by atomic mass is 9.96. The highest BCUT2D eigenvalue weighted by atomic mass is 79.9. The summed E-state index contributed by atoms with van der Waals surface area (Å²) in [5, 5.41) is 1.68. The van der Waals surface area contributed by atoms with Crippen LogP contribution >= 0.6 is 15.9 Å². The van der Waals surface area contributed by atoms with Crippen molar-refractivity contribution in [1.29, 1.82) is 0 Å². The SMILES string of the molecule is CN(C(=O)C1CCN(OC(=O)C(C)(C)C)CC1)c1ccccc1Br. The summed E-state index contributed by atoms with van der Waals surface area (Å²) >= 11 is 3.48. The Hall–Kier alpha value is -1.40. The summed E-state index contributed by atoms with van der Waals surface area (Å²) in [5.41, 5.74) is 0.344. The smallest absolute Gasteiger partial charge is 0.330 e. The van der Waals surface area contributed by atoms with E-state index in [0.29, 0.717) is 25.9 Å². The third-order valence-electron chi connectivity index (χ3n) is 4.17. The lowest BCUT2D eigenvalue weighted by molar-refractivity contribution is -0.205. The minimum Gasteiger partial charge on any atom is -0.367 e. The van der Waals surface area contributed by atoms with Gasteiger partial charge in [0.1, 0.15) is 0 Å². The number of rotatable bonds is 3. The van der Waals surface area contributed by atoms with Gasteiger partial charge in [0.25, 0.3) is 0 Å². The van der Waals surface area contributed by atoms with Gasteiger partial charge < -0.3 is 9.74 Å². The predicted molar refractivity (Wildman–Crippen MR) is 97.4 cm³/mol. The van der Waals surface area contributed by atoms with Crippen LogP contribution in [0.3, 0.4) is 0 Å². The second-order valence-electron chi connectivity index (χ2n) is 7.18. The topological polar surface area (TPSA) is 49.9 Å². The second-order valence-corrected chi connectivity index (χ2v) is 8.04. The molecular weight excluding hydrogens is 372 g/mol. The standard InChI is InChI=1S/C18H25BrN2O3/c1-18(2,3)17(23)24-21-11-9-13(10-12-21)16(22)20(4)15-8-6-5-7-14(15)19/h5-8,13H,9-12H2,1-4H3. The van der Waals surface area contributed by atoms with Crippen molar-refractivity contribution in [3.05, 3.63) is 28.7 Å². The average Bonchev–Trinajstić information content (AvgIpc) is 2.54. The Bertz CT molecular complexity index is 605. The largest absolute Gasteiger partial charge is 0.367 e. The highest BCUT2D eigenvalue weighted by Crippen LogP contribution is 2.28. The lowest BCUT2D eigenvalue weighted by Crippen LogP contribution is -2.43. The molecule has 0 N–H and O–H groups in total. The Labute approximate surface area is 152 Å². The van der Waals surface area contributed by atoms with Crippen molar-refractivity contribution >= 4 is 33.5 Å². The van der Waals surface area contributed by atoms with Gasteiger partial charge in [-0.05, 0) is 61.7 Å². The fourth-order valence-electron chi connectivity index (χ4n) is 2.56. The number of nitrogens with zero attached hydrogens (tertiary/aromatic N) is 2. The van der Waals surface area contributed by atoms with Crippen LogP contribution in [0.5, 0.6) is 0 Å². The van der Waals surface area contributed by atoms with E-state index in [2.05, 4.69) is 15.9 Å². The Morgan fingerprint density at radius 2 is 1.79 bits per heavy atom. The Morgan fingerprint density at radius 1 is 1.21 bits per heavy atom. The fourth-order valence-corrected chi connectivity index (χ4v) is 3.12. The maximum Gasteiger partial charge on any atom is 0.330 e. The Kier molecular flexibility index (Phi) is 6.04. The molecule has 0 saturated carbocycles. The number of hydrogen-bond acceptors (Lipinski definition) is 4. The van der Waals surface area contributed by atoms with Gasteiger partial charge in [0.05, 0.1) is 11.1 Å². The van der Waals surface area contributed by atoms with Crippen molar-refractivity contribution in [3.63, 3.8) is 0 Å². The van der Waals surface area contributed by atoms with Gasteiger partial charge in [-0.3, -0.25) is 4.79 Å². The molecule has 2 rings (SSSR count). The third kappa shape index (κ3) is 4.57. The lowest BCUT2D eigenvalue weighted by Gasteiger charge is -2.33. The first-order chi connectivity index (χ1) is 11.2. The fraction of sp³-hybridized carbons (Fsp3) is 0.556. The zero-order chi connectivity index (χ0) is 17.9. The van der Waals surface area contributed by atoms with E-state index in [1.807, 2.05) is 45.0 Å². The maximum absolute atomic E-state index is 12.7. The zero-order valence-electron chi connectivity index (χ0n) is 14.7. The van der Waals surface area contributed by atoms with Crippen LogP contribution in [-0.2, 0) is 14.4 Å². The van der Waals surface area contributed by atoms with E-state index in [4.69, 9.17) is 4.84 Å². The van der Waals surface area contributed by atoms with Gasteiger partial charge in [-0.25, -0.2) is 4.79 Å². The van der Waals surface area contributed by atoms with Gasteiger partial charge in [0.2, 0.25) is 5.91 Å². The highest BCUT2D eigenvalue weighted by Gasteiger charge is 2.32. The highest BCUT2D eigenvalue weighted by molar-refractivity contribution is 9.10. The number of anilines is 1. The molecule has 6 heteroatoms. The normalized spacial score (nSPS) is 16.7. The molecule has 1 amide bonds. The van der Waals surface area contributed by atoms with Crippen LogP contribution in [0.2, 0.25) is 0 Å². The van der Waals surface area contributed by atoms with Gasteiger partial charge in [-0.1, -0.05) is 12.1 Å². The number of hydrogen-bond donors (Lipinski definition) is 0. The summed E-state index contributed by atoms with van der Waals surface area (Å²) in [6.45, 7) is 6.67. The van der Waals surface area contributed by atoms with Crippen molar-refractivity contribution in [3.8, 4) is 0 Å². The molecule has 0 radical (unpaired) electrons. The molecule has 0 unspecified atom stereocenters. The van der Waals surface area contributed by atoms with Crippen LogP contribution in [0.4, 0.5) is 5.69 Å². The summed E-state index contributed by atoms with van der Waals surface area (Å²) in [6.07, 6.45) is 1.37. The van der Waals surface area contributed by atoms with Crippen molar-refractivity contribution in [2.24, 2.45) is 11.3 Å². The zero-order valence-corrected chi connectivity index (χ0v) is 16.3. The van der Waals surface area contributed by atoms with Crippen LogP contribution in [0.15, 0.2) is 28.7 Å². The first kappa shape index (κ1) is 18.9. The predicted octanol–water partition coefficient (Wildman–Crippen LogP) is 3.63. The summed E-state index contributed by atoms with van der Waals surface area (Å²) < 4.78 is 0.900. The van der Waals surface area contributed by atoms with Gasteiger partial charge in [-0.15, -0.1) is 5.06 Å². The molecule has 24 heavy (non-hydrogen) atoms. The van der Waals surface area contributed by atoms with Crippen LogP contribution in [0.25, 0.3) is 0 Å². The molecule has 1 saturated heterocycles. The number of hydroxylamine groups is 2. The summed E-state index contributed by atoms with van der Waals surface area (Å²) in [5.74, 6) is -0.187. The molecule has 0 bridgehead atoms. The van der Waals surface area contributed by atoms with E-state index in [1.165, 1.54) is 0 Å². The number of halogens is 1. The first-order valence-electron chi connectivity index (χ1n) is 8.19. The number of amides is 1. The van der Waals surface area contributed by atoms with E-state index in [9.17, 15) is 9.59 Å². The summed E-state index contributed by atoms with van der Waals surface area (Å²) in [4.78, 5) is 31.8. The van der Waals surface area contributed by atoms with Gasteiger partial charge in [0.15, 0.2) is 0 Å². The van der Waals surface area contributed by atoms with Gasteiger partial charge in [0, 0.05) is 30.5 Å². The Balaban J connectivity index is 1.91. The van der Waals surface area contributed by atoms with Crippen LogP contribution < -0.4 is 4.90 Å². The molecule has 1 aromatic carbocycles. The molecular formula is C18H25BrN2O3. The van der Waals surface area contributed by atoms with Crippen molar-refractivity contribution in [1.82, 2.24) is 5.06 Å². The van der Waals surface area contributed by atoms with Crippen LogP contribution in [0, 0.1) is 11.3 Å². The number of para-hydroxylation sites is 1. The molecule has 1 fully saturated rings. The molecule has 0 atom stereocenters. The minimum atomic E-state index is -0.521. The van der Waals surface area contributed by atoms with E-state index < -0.39 is 5.41 Å². The van der Waals surface area contributed by atoms with E-state index >= 15 is 0 Å². The van der Waals surface area contributed by atoms with E-state index in [0.717, 1.165) is 10.2 Å².